The maximum atomic E-state index is 12.7. The number of hydrogen-bond donors (Lipinski definition) is 1. The molecule has 1 aliphatic rings. The fourth-order valence-corrected chi connectivity index (χ4v) is 3.91. The number of hydrogen-bond acceptors (Lipinski definition) is 4. The molecule has 144 valence electrons. The third-order valence-corrected chi connectivity index (χ3v) is 5.55. The molecule has 2 aromatic carbocycles. The lowest BCUT2D eigenvalue weighted by atomic mass is 10.0. The van der Waals surface area contributed by atoms with Crippen LogP contribution in [0.2, 0.25) is 5.02 Å². The second kappa shape index (κ2) is 7.78. The first kappa shape index (κ1) is 18.7. The summed E-state index contributed by atoms with van der Waals surface area (Å²) >= 11 is 5.89. The molecule has 0 aliphatic carbocycles. The number of fused-ring (bicyclic) bond motifs is 1. The van der Waals surface area contributed by atoms with Gasteiger partial charge in [0.1, 0.15) is 0 Å². The van der Waals surface area contributed by atoms with Crippen molar-refractivity contribution in [3.8, 4) is 0 Å². The van der Waals surface area contributed by atoms with Gasteiger partial charge in [0.2, 0.25) is 0 Å². The van der Waals surface area contributed by atoms with Gasteiger partial charge in [0.05, 0.1) is 0 Å². The average molecular weight is 396 g/mol. The number of aliphatic hydroxyl groups excluding tert-OH is 1. The lowest BCUT2D eigenvalue weighted by Gasteiger charge is -2.37. The van der Waals surface area contributed by atoms with Gasteiger partial charge in [0.25, 0.3) is 5.91 Å². The molecule has 1 fully saturated rings. The fraction of sp³-hybridized carbons (Fsp3) is 0.273. The molecule has 0 spiro atoms. The number of halogens is 1. The van der Waals surface area contributed by atoms with Gasteiger partial charge in [-0.05, 0) is 36.2 Å². The molecule has 1 saturated heterocycles. The zero-order valence-corrected chi connectivity index (χ0v) is 16.4. The molecule has 1 N–H and O–H groups in total. The number of aliphatic hydroxyl groups is 1. The third kappa shape index (κ3) is 3.55. The lowest BCUT2D eigenvalue weighted by molar-refractivity contribution is -0.140. The summed E-state index contributed by atoms with van der Waals surface area (Å²) in [5.41, 5.74) is 2.88. The number of rotatable bonds is 3. The van der Waals surface area contributed by atoms with Crippen LogP contribution in [0.25, 0.3) is 10.8 Å². The van der Waals surface area contributed by atoms with E-state index in [1.165, 1.54) is 11.1 Å². The highest BCUT2D eigenvalue weighted by Crippen LogP contribution is 2.30. The lowest BCUT2D eigenvalue weighted by Crippen LogP contribution is -2.50. The molecule has 2 heterocycles. The van der Waals surface area contributed by atoms with Gasteiger partial charge in [-0.25, -0.2) is 0 Å². The first-order valence-electron chi connectivity index (χ1n) is 9.35. The topological polar surface area (TPSA) is 56.7 Å². The largest absolute Gasteiger partial charge is 0.378 e. The van der Waals surface area contributed by atoms with E-state index in [4.69, 9.17) is 11.6 Å². The van der Waals surface area contributed by atoms with E-state index in [2.05, 4.69) is 28.9 Å². The van der Waals surface area contributed by atoms with Gasteiger partial charge in [0.15, 0.2) is 6.10 Å². The van der Waals surface area contributed by atoms with Crippen molar-refractivity contribution in [2.24, 2.45) is 0 Å². The van der Waals surface area contributed by atoms with E-state index in [-0.39, 0.29) is 5.91 Å². The van der Waals surface area contributed by atoms with E-state index in [9.17, 15) is 9.90 Å². The smallest absolute Gasteiger partial charge is 0.256 e. The van der Waals surface area contributed by atoms with Gasteiger partial charge < -0.3 is 14.9 Å². The molecule has 28 heavy (non-hydrogen) atoms. The van der Waals surface area contributed by atoms with Crippen LogP contribution in [0.1, 0.15) is 17.2 Å². The minimum Gasteiger partial charge on any atom is -0.378 e. The second-order valence-electron chi connectivity index (χ2n) is 7.10. The Bertz CT molecular complexity index is 993. The molecule has 0 radical (unpaired) electrons. The summed E-state index contributed by atoms with van der Waals surface area (Å²) < 4.78 is 0. The van der Waals surface area contributed by atoms with Gasteiger partial charge in [-0.15, -0.1) is 0 Å². The molecule has 0 bridgehead atoms. The maximum Gasteiger partial charge on any atom is 0.256 e. The normalized spacial score (nSPS) is 15.7. The Morgan fingerprint density at radius 2 is 1.79 bits per heavy atom. The molecule has 5 nitrogen and oxygen atoms in total. The highest BCUT2D eigenvalue weighted by Gasteiger charge is 2.27. The van der Waals surface area contributed by atoms with E-state index in [0.717, 1.165) is 24.0 Å². The Morgan fingerprint density at radius 1 is 1.07 bits per heavy atom. The summed E-state index contributed by atoms with van der Waals surface area (Å²) in [6.45, 7) is 4.66. The zero-order chi connectivity index (χ0) is 19.7. The van der Waals surface area contributed by atoms with Gasteiger partial charge in [0, 0.05) is 60.1 Å². The predicted octanol–water partition coefficient (Wildman–Crippen LogP) is 3.58. The molecular weight excluding hydrogens is 374 g/mol. The number of carbonyl (C=O) groups excluding carboxylic acids is 1. The van der Waals surface area contributed by atoms with Crippen LogP contribution < -0.4 is 4.90 Å². The average Bonchev–Trinajstić information content (AvgIpc) is 2.73. The molecule has 4 rings (SSSR count). The van der Waals surface area contributed by atoms with Crippen LogP contribution in [0.4, 0.5) is 5.69 Å². The fourth-order valence-electron chi connectivity index (χ4n) is 3.78. The number of aromatic nitrogens is 1. The zero-order valence-electron chi connectivity index (χ0n) is 15.7. The quantitative estimate of drug-likeness (QED) is 0.736. The number of benzene rings is 2. The predicted molar refractivity (Wildman–Crippen MR) is 112 cm³/mol. The van der Waals surface area contributed by atoms with E-state index in [1.54, 1.807) is 29.2 Å². The first-order chi connectivity index (χ1) is 13.5. The Kier molecular flexibility index (Phi) is 5.20. The minimum absolute atomic E-state index is 0.264. The van der Waals surface area contributed by atoms with Crippen LogP contribution in [0.5, 0.6) is 0 Å². The number of carbonyl (C=O) groups is 1. The van der Waals surface area contributed by atoms with Crippen molar-refractivity contribution in [1.29, 1.82) is 0 Å². The Labute approximate surface area is 169 Å². The maximum absolute atomic E-state index is 12.7. The van der Waals surface area contributed by atoms with Crippen LogP contribution >= 0.6 is 11.6 Å². The minimum atomic E-state index is -1.16. The molecule has 0 saturated carbocycles. The molecule has 1 unspecified atom stereocenters. The summed E-state index contributed by atoms with van der Waals surface area (Å²) in [7, 11) is 0. The van der Waals surface area contributed by atoms with Crippen molar-refractivity contribution < 1.29 is 9.90 Å². The van der Waals surface area contributed by atoms with Crippen molar-refractivity contribution in [2.75, 3.05) is 31.1 Å². The molecule has 1 aromatic heterocycles. The van der Waals surface area contributed by atoms with Crippen molar-refractivity contribution in [3.05, 3.63) is 71.0 Å². The van der Waals surface area contributed by atoms with Crippen LogP contribution in [-0.4, -0.2) is 47.1 Å². The standard InChI is InChI=1S/C22H22ClN3O2/c1-15-13-24-14-17-3-2-4-19(20(15)17)25-9-11-26(12-10-25)22(28)21(27)16-5-7-18(23)8-6-16/h2-8,13-14,21,27H,9-12H2,1H3. The Balaban J connectivity index is 1.48. The summed E-state index contributed by atoms with van der Waals surface area (Å²) in [6, 6.07) is 13.0. The summed E-state index contributed by atoms with van der Waals surface area (Å²) in [6.07, 6.45) is 2.61. The van der Waals surface area contributed by atoms with E-state index in [1.807, 2.05) is 18.5 Å². The molecule has 1 atom stereocenters. The van der Waals surface area contributed by atoms with Crippen LogP contribution in [0.3, 0.4) is 0 Å². The van der Waals surface area contributed by atoms with Crippen molar-refractivity contribution in [2.45, 2.75) is 13.0 Å². The SMILES string of the molecule is Cc1cncc2cccc(N3CCN(C(=O)C(O)c4ccc(Cl)cc4)CC3)c12. The summed E-state index contributed by atoms with van der Waals surface area (Å²) in [5, 5.41) is 13.3. The highest BCUT2D eigenvalue weighted by atomic mass is 35.5. The van der Waals surface area contributed by atoms with Gasteiger partial charge >= 0.3 is 0 Å². The van der Waals surface area contributed by atoms with Gasteiger partial charge in [-0.2, -0.15) is 0 Å². The van der Waals surface area contributed by atoms with Crippen LogP contribution in [-0.2, 0) is 4.79 Å². The van der Waals surface area contributed by atoms with E-state index >= 15 is 0 Å². The summed E-state index contributed by atoms with van der Waals surface area (Å²) in [5.74, 6) is -0.264. The Hall–Kier alpha value is -2.63. The molecule has 3 aromatic rings. The van der Waals surface area contributed by atoms with Crippen molar-refractivity contribution in [1.82, 2.24) is 9.88 Å². The van der Waals surface area contributed by atoms with Crippen LogP contribution in [0.15, 0.2) is 54.9 Å². The highest BCUT2D eigenvalue weighted by molar-refractivity contribution is 6.30. The number of amides is 1. The number of pyridine rings is 1. The Morgan fingerprint density at radius 3 is 2.50 bits per heavy atom. The first-order valence-corrected chi connectivity index (χ1v) is 9.73. The number of anilines is 1. The van der Waals surface area contributed by atoms with Crippen molar-refractivity contribution >= 4 is 34.0 Å². The molecule has 1 aliphatic heterocycles. The number of nitrogens with zero attached hydrogens (tertiary/aromatic N) is 3. The van der Waals surface area contributed by atoms with E-state index < -0.39 is 6.10 Å². The molecule has 1 amide bonds. The van der Waals surface area contributed by atoms with Gasteiger partial charge in [-0.3, -0.25) is 9.78 Å². The van der Waals surface area contributed by atoms with Gasteiger partial charge in [-0.1, -0.05) is 35.9 Å². The number of aryl methyl sites for hydroxylation is 1. The summed E-state index contributed by atoms with van der Waals surface area (Å²) in [4.78, 5) is 21.0. The van der Waals surface area contributed by atoms with Crippen molar-refractivity contribution in [3.63, 3.8) is 0 Å². The number of piperazine rings is 1. The molecule has 6 heteroatoms. The monoisotopic (exact) mass is 395 g/mol. The van der Waals surface area contributed by atoms with E-state index in [0.29, 0.717) is 23.7 Å². The second-order valence-corrected chi connectivity index (χ2v) is 7.53. The molecular formula is C22H22ClN3O2. The third-order valence-electron chi connectivity index (χ3n) is 5.30. The van der Waals surface area contributed by atoms with Crippen LogP contribution in [0, 0.1) is 6.92 Å².